The van der Waals surface area contributed by atoms with Crippen molar-refractivity contribution in [3.63, 3.8) is 0 Å². The summed E-state index contributed by atoms with van der Waals surface area (Å²) in [7, 11) is 1.73. The van der Waals surface area contributed by atoms with Gasteiger partial charge in [0.15, 0.2) is 0 Å². The summed E-state index contributed by atoms with van der Waals surface area (Å²) >= 11 is 1.22. The molecule has 2 rings (SSSR count). The Morgan fingerprint density at radius 2 is 2.05 bits per heavy atom. The Bertz CT molecular complexity index is 610. The maximum Gasteiger partial charge on any atom is 0.343 e. The van der Waals surface area contributed by atoms with Gasteiger partial charge in [-0.1, -0.05) is 12.1 Å². The number of nitrogens with one attached hydrogen (secondary N) is 1. The highest BCUT2D eigenvalue weighted by Crippen LogP contribution is 2.27. The lowest BCUT2D eigenvalue weighted by Gasteiger charge is -2.14. The summed E-state index contributed by atoms with van der Waals surface area (Å²) < 4.78 is 22.4. The van der Waals surface area contributed by atoms with Crippen molar-refractivity contribution in [3.05, 3.63) is 46.9 Å². The zero-order valence-electron chi connectivity index (χ0n) is 11.4. The van der Waals surface area contributed by atoms with Gasteiger partial charge in [0.05, 0.1) is 5.69 Å². The number of hydrogen-bond acceptors (Lipinski definition) is 5. The van der Waals surface area contributed by atoms with E-state index in [1.807, 2.05) is 0 Å². The summed E-state index contributed by atoms with van der Waals surface area (Å²) in [5.41, 5.74) is 1.83. The van der Waals surface area contributed by atoms with Crippen LogP contribution in [0.1, 0.15) is 34.6 Å². The third-order valence-corrected chi connectivity index (χ3v) is 3.87. The van der Waals surface area contributed by atoms with E-state index < -0.39 is 12.1 Å². The van der Waals surface area contributed by atoms with Gasteiger partial charge in [-0.15, -0.1) is 0 Å². The van der Waals surface area contributed by atoms with E-state index in [4.69, 9.17) is 4.74 Å². The molecule has 20 heavy (non-hydrogen) atoms. The molecule has 6 heteroatoms. The lowest BCUT2D eigenvalue weighted by atomic mass is 10.1. The summed E-state index contributed by atoms with van der Waals surface area (Å²) in [5.74, 6) is -0.750. The van der Waals surface area contributed by atoms with Gasteiger partial charge in [-0.3, -0.25) is 0 Å². The number of aryl methyl sites for hydroxylation is 1. The van der Waals surface area contributed by atoms with Crippen molar-refractivity contribution in [2.75, 3.05) is 12.4 Å². The minimum atomic E-state index is -0.452. The van der Waals surface area contributed by atoms with Crippen LogP contribution < -0.4 is 5.32 Å². The number of carbonyl (C=O) groups excluding carboxylic acids is 1. The molecule has 0 saturated carbocycles. The molecule has 1 heterocycles. The standard InChI is InChI=1S/C14H15FN2O2S/c1-8-12(13(16-3)20-17-8)14(18)19-9(2)10-4-6-11(15)7-5-10/h4-7,9,16H,1-3H3/t9-/m0/s1. The molecule has 0 saturated heterocycles. The number of ether oxygens (including phenoxy) is 1. The van der Waals surface area contributed by atoms with E-state index in [1.165, 1.54) is 23.7 Å². The highest BCUT2D eigenvalue weighted by atomic mass is 32.1. The van der Waals surface area contributed by atoms with E-state index in [-0.39, 0.29) is 5.82 Å². The molecule has 0 radical (unpaired) electrons. The van der Waals surface area contributed by atoms with Crippen molar-refractivity contribution < 1.29 is 13.9 Å². The highest BCUT2D eigenvalue weighted by Gasteiger charge is 2.21. The monoisotopic (exact) mass is 294 g/mol. The second kappa shape index (κ2) is 6.00. The molecule has 0 aliphatic carbocycles. The first-order valence-electron chi connectivity index (χ1n) is 6.13. The maximum atomic E-state index is 12.9. The average Bonchev–Trinajstić information content (AvgIpc) is 2.80. The van der Waals surface area contributed by atoms with Crippen molar-refractivity contribution in [2.24, 2.45) is 0 Å². The van der Waals surface area contributed by atoms with Gasteiger partial charge in [0.1, 0.15) is 22.5 Å². The number of aromatic nitrogens is 1. The van der Waals surface area contributed by atoms with Crippen molar-refractivity contribution in [2.45, 2.75) is 20.0 Å². The summed E-state index contributed by atoms with van der Waals surface area (Å²) in [5, 5.41) is 3.60. The van der Waals surface area contributed by atoms with Crippen LogP contribution in [-0.2, 0) is 4.74 Å². The molecule has 1 aromatic heterocycles. The first kappa shape index (κ1) is 14.5. The Labute approximate surface area is 120 Å². The number of benzene rings is 1. The van der Waals surface area contributed by atoms with Gasteiger partial charge in [0, 0.05) is 7.05 Å². The summed E-state index contributed by atoms with van der Waals surface area (Å²) in [6.45, 7) is 3.51. The number of anilines is 1. The lowest BCUT2D eigenvalue weighted by Crippen LogP contribution is -2.11. The molecule has 2 aromatic rings. The first-order valence-corrected chi connectivity index (χ1v) is 6.90. The van der Waals surface area contributed by atoms with E-state index in [0.29, 0.717) is 16.3 Å². The second-order valence-electron chi connectivity index (χ2n) is 4.32. The minimum Gasteiger partial charge on any atom is -0.454 e. The molecule has 0 spiro atoms. The minimum absolute atomic E-state index is 0.317. The SMILES string of the molecule is CNc1snc(C)c1C(=O)O[C@@H](C)c1ccc(F)cc1. The predicted molar refractivity (Wildman–Crippen MR) is 76.6 cm³/mol. The Morgan fingerprint density at radius 3 is 2.65 bits per heavy atom. The molecule has 0 fully saturated rings. The smallest absolute Gasteiger partial charge is 0.343 e. The molecular weight excluding hydrogens is 279 g/mol. The van der Waals surface area contributed by atoms with Crippen LogP contribution in [-0.4, -0.2) is 17.4 Å². The van der Waals surface area contributed by atoms with Crippen molar-refractivity contribution in [1.29, 1.82) is 0 Å². The largest absolute Gasteiger partial charge is 0.454 e. The van der Waals surface area contributed by atoms with Crippen LogP contribution in [0.15, 0.2) is 24.3 Å². The second-order valence-corrected chi connectivity index (χ2v) is 5.09. The zero-order chi connectivity index (χ0) is 14.7. The van der Waals surface area contributed by atoms with E-state index >= 15 is 0 Å². The third-order valence-electron chi connectivity index (χ3n) is 2.92. The Morgan fingerprint density at radius 1 is 1.40 bits per heavy atom. The molecule has 0 unspecified atom stereocenters. The van der Waals surface area contributed by atoms with Crippen LogP contribution in [0.4, 0.5) is 9.39 Å². The third kappa shape index (κ3) is 2.96. The molecule has 0 aliphatic heterocycles. The molecule has 1 aromatic carbocycles. The fraction of sp³-hybridized carbons (Fsp3) is 0.286. The Balaban J connectivity index is 2.15. The van der Waals surface area contributed by atoms with Gasteiger partial charge in [-0.25, -0.2) is 9.18 Å². The van der Waals surface area contributed by atoms with Crippen LogP contribution in [0, 0.1) is 12.7 Å². The van der Waals surface area contributed by atoms with Gasteiger partial charge in [0.25, 0.3) is 0 Å². The van der Waals surface area contributed by atoms with Crippen molar-refractivity contribution in [3.8, 4) is 0 Å². The molecule has 1 N–H and O–H groups in total. The fourth-order valence-corrected chi connectivity index (χ4v) is 2.54. The fourth-order valence-electron chi connectivity index (χ4n) is 1.80. The Hall–Kier alpha value is -1.95. The number of carbonyl (C=O) groups is 1. The molecule has 1 atom stereocenters. The maximum absolute atomic E-state index is 12.9. The zero-order valence-corrected chi connectivity index (χ0v) is 12.3. The average molecular weight is 294 g/mol. The number of esters is 1. The summed E-state index contributed by atoms with van der Waals surface area (Å²) in [6.07, 6.45) is -0.452. The van der Waals surface area contributed by atoms with Crippen LogP contribution in [0.2, 0.25) is 0 Å². The quantitative estimate of drug-likeness (QED) is 0.876. The van der Waals surface area contributed by atoms with Crippen molar-refractivity contribution in [1.82, 2.24) is 4.37 Å². The molecular formula is C14H15FN2O2S. The van der Waals surface area contributed by atoms with E-state index in [0.717, 1.165) is 5.56 Å². The topological polar surface area (TPSA) is 51.2 Å². The van der Waals surface area contributed by atoms with Gasteiger partial charge in [-0.2, -0.15) is 4.37 Å². The summed E-state index contributed by atoms with van der Waals surface area (Å²) in [6, 6.07) is 5.89. The van der Waals surface area contributed by atoms with E-state index in [2.05, 4.69) is 9.69 Å². The first-order chi connectivity index (χ1) is 9.52. The number of halogens is 1. The summed E-state index contributed by atoms with van der Waals surface area (Å²) in [4.78, 5) is 12.2. The molecule has 4 nitrogen and oxygen atoms in total. The molecule has 106 valence electrons. The van der Waals surface area contributed by atoms with Crippen LogP contribution >= 0.6 is 11.5 Å². The van der Waals surface area contributed by atoms with Gasteiger partial charge in [-0.05, 0) is 43.1 Å². The van der Waals surface area contributed by atoms with E-state index in [1.54, 1.807) is 33.0 Å². The number of nitrogens with zero attached hydrogens (tertiary/aromatic N) is 1. The van der Waals surface area contributed by atoms with E-state index in [9.17, 15) is 9.18 Å². The van der Waals surface area contributed by atoms with Crippen LogP contribution in [0.5, 0.6) is 0 Å². The van der Waals surface area contributed by atoms with Gasteiger partial charge >= 0.3 is 5.97 Å². The lowest BCUT2D eigenvalue weighted by molar-refractivity contribution is 0.0338. The van der Waals surface area contributed by atoms with Gasteiger partial charge < -0.3 is 10.1 Å². The highest BCUT2D eigenvalue weighted by molar-refractivity contribution is 7.10. The molecule has 0 aliphatic rings. The molecule has 0 amide bonds. The van der Waals surface area contributed by atoms with Gasteiger partial charge in [0.2, 0.25) is 0 Å². The molecule has 0 bridgehead atoms. The number of rotatable bonds is 4. The predicted octanol–water partition coefficient (Wildman–Crippen LogP) is 3.55. The van der Waals surface area contributed by atoms with Crippen LogP contribution in [0.25, 0.3) is 0 Å². The van der Waals surface area contributed by atoms with Crippen LogP contribution in [0.3, 0.4) is 0 Å². The Kier molecular flexibility index (Phi) is 4.34. The number of hydrogen-bond donors (Lipinski definition) is 1. The normalized spacial score (nSPS) is 12.0. The van der Waals surface area contributed by atoms with Crippen molar-refractivity contribution >= 4 is 22.5 Å².